The summed E-state index contributed by atoms with van der Waals surface area (Å²) in [7, 11) is -2.71. The molecule has 0 aromatic heterocycles. The Labute approximate surface area is 246 Å². The highest BCUT2D eigenvalue weighted by molar-refractivity contribution is 7.95. The van der Waals surface area contributed by atoms with Crippen molar-refractivity contribution in [3.63, 3.8) is 0 Å². The number of hydrogen-bond donors (Lipinski definition) is 1. The number of rotatable bonds is 8. The van der Waals surface area contributed by atoms with E-state index < -0.39 is 15.6 Å². The third-order valence-corrected chi connectivity index (χ3v) is 16.6. The lowest BCUT2D eigenvalue weighted by atomic mass is 10.1. The highest BCUT2D eigenvalue weighted by atomic mass is 79.9. The maximum absolute atomic E-state index is 11.6. The van der Waals surface area contributed by atoms with Gasteiger partial charge in [0.05, 0.1) is 7.11 Å². The quantitative estimate of drug-likeness (QED) is 0.231. The Balaban J connectivity index is 0.00000420. The fourth-order valence-corrected chi connectivity index (χ4v) is 9.97. The molecule has 4 aromatic rings. The topological polar surface area (TPSA) is 38.7 Å². The van der Waals surface area contributed by atoms with E-state index in [0.29, 0.717) is 17.5 Å². The van der Waals surface area contributed by atoms with E-state index in [1.165, 1.54) is 15.9 Å². The highest BCUT2D eigenvalue weighted by Gasteiger charge is 2.47. The lowest BCUT2D eigenvalue weighted by Crippen LogP contribution is -3.00. The molecule has 0 aliphatic carbocycles. The molecule has 206 valence electrons. The number of phenols is 1. The van der Waals surface area contributed by atoms with Crippen molar-refractivity contribution in [1.82, 2.24) is 0 Å². The van der Waals surface area contributed by atoms with Crippen LogP contribution in [-0.2, 0) is 6.16 Å². The van der Waals surface area contributed by atoms with Crippen molar-refractivity contribution in [2.45, 2.75) is 52.0 Å². The summed E-state index contributed by atoms with van der Waals surface area (Å²) in [5.41, 5.74) is 1.59. The van der Waals surface area contributed by atoms with Crippen molar-refractivity contribution in [3.05, 3.63) is 108 Å². The number of phenolic OH excluding ortho intramolecular Hbond substituents is 1. The fraction of sp³-hybridized carbons (Fsp3) is 0.273. The maximum atomic E-state index is 11.6. The van der Waals surface area contributed by atoms with Gasteiger partial charge < -0.3 is 31.3 Å². The molecule has 0 radical (unpaired) electrons. The predicted molar refractivity (Wildman–Crippen MR) is 166 cm³/mol. The van der Waals surface area contributed by atoms with Gasteiger partial charge in [-0.25, -0.2) is 0 Å². The molecule has 3 nitrogen and oxygen atoms in total. The molecule has 0 atom stereocenters. The first-order valence-corrected chi connectivity index (χ1v) is 18.0. The van der Waals surface area contributed by atoms with Crippen molar-refractivity contribution >= 4 is 31.5 Å². The molecule has 39 heavy (non-hydrogen) atoms. The number of halogens is 1. The molecule has 0 unspecified atom stereocenters. The Kier molecular flexibility index (Phi) is 9.75. The first-order chi connectivity index (χ1) is 18.0. The van der Waals surface area contributed by atoms with Gasteiger partial charge in [-0.05, 0) is 67.5 Å². The first-order valence-electron chi connectivity index (χ1n) is 13.1. The second kappa shape index (κ2) is 12.3. The summed E-state index contributed by atoms with van der Waals surface area (Å²) < 4.78 is 12.6. The van der Waals surface area contributed by atoms with Gasteiger partial charge in [-0.1, -0.05) is 75.4 Å². The van der Waals surface area contributed by atoms with E-state index in [4.69, 9.17) is 9.16 Å². The molecule has 0 aliphatic heterocycles. The summed E-state index contributed by atoms with van der Waals surface area (Å²) >= 11 is 0. The summed E-state index contributed by atoms with van der Waals surface area (Å²) in [6.45, 7) is 13.1. The van der Waals surface area contributed by atoms with E-state index in [9.17, 15) is 5.11 Å². The summed E-state index contributed by atoms with van der Waals surface area (Å²) in [4.78, 5) is 0. The van der Waals surface area contributed by atoms with Crippen LogP contribution in [0.3, 0.4) is 0 Å². The number of benzene rings is 4. The normalized spacial score (nSPS) is 12.0. The highest BCUT2D eigenvalue weighted by Crippen LogP contribution is 2.60. The van der Waals surface area contributed by atoms with Gasteiger partial charge in [0.15, 0.2) is 5.75 Å². The van der Waals surface area contributed by atoms with Gasteiger partial charge in [-0.15, -0.1) is 0 Å². The fourth-order valence-electron chi connectivity index (χ4n) is 4.73. The van der Waals surface area contributed by atoms with Gasteiger partial charge in [-0.2, -0.15) is 0 Å². The Morgan fingerprint density at radius 1 is 0.769 bits per heavy atom. The minimum absolute atomic E-state index is 0. The van der Waals surface area contributed by atoms with Gasteiger partial charge in [0, 0.05) is 11.1 Å². The number of hydrogen-bond acceptors (Lipinski definition) is 3. The minimum atomic E-state index is -2.19. The zero-order valence-corrected chi connectivity index (χ0v) is 27.5. The van der Waals surface area contributed by atoms with Crippen LogP contribution < -0.4 is 42.1 Å². The first kappa shape index (κ1) is 30.9. The Morgan fingerprint density at radius 2 is 1.18 bits per heavy atom. The lowest BCUT2D eigenvalue weighted by Gasteiger charge is -2.37. The summed E-state index contributed by atoms with van der Waals surface area (Å²) in [6, 6.07) is 34.3. The molecule has 0 saturated heterocycles. The zero-order valence-electron chi connectivity index (χ0n) is 24.0. The molecule has 0 fully saturated rings. The molecule has 6 heteroatoms. The lowest BCUT2D eigenvalue weighted by molar-refractivity contribution is -0.00000978. The molecule has 4 rings (SSSR count). The van der Waals surface area contributed by atoms with Crippen molar-refractivity contribution in [2.24, 2.45) is 0 Å². The van der Waals surface area contributed by atoms with E-state index >= 15 is 0 Å². The average molecular weight is 624 g/mol. The summed E-state index contributed by atoms with van der Waals surface area (Å²) in [5, 5.41) is 15.4. The number of ether oxygens (including phenoxy) is 1. The van der Waals surface area contributed by atoms with Crippen LogP contribution in [0.2, 0.25) is 18.1 Å². The molecule has 0 spiro atoms. The van der Waals surface area contributed by atoms with Crippen LogP contribution in [0.4, 0.5) is 0 Å². The standard InChI is InChI=1S/C33H39O3PSi.BrH/c1-25-31(34)26(23-30(32(25)35-5)36-38(6,7)33(2,3)4)24-37(27-17-11-8-12-18-27,28-19-13-9-14-20-28)29-21-15-10-16-22-29;/h8-23H,24H2,1-7H3;1H. The Morgan fingerprint density at radius 3 is 1.54 bits per heavy atom. The van der Waals surface area contributed by atoms with Crippen LogP contribution >= 0.6 is 7.26 Å². The third kappa shape index (κ3) is 6.11. The molecular weight excluding hydrogens is 583 g/mol. The minimum Gasteiger partial charge on any atom is -1.00 e. The zero-order chi connectivity index (χ0) is 27.6. The van der Waals surface area contributed by atoms with E-state index in [1.54, 1.807) is 7.11 Å². The Bertz CT molecular complexity index is 1270. The van der Waals surface area contributed by atoms with Crippen LogP contribution in [0.15, 0.2) is 97.1 Å². The Hall–Kier alpha value is -2.59. The van der Waals surface area contributed by atoms with Gasteiger partial charge in [0.25, 0.3) is 8.32 Å². The van der Waals surface area contributed by atoms with E-state index in [1.807, 2.05) is 13.0 Å². The number of aromatic hydroxyl groups is 1. The molecule has 0 saturated carbocycles. The monoisotopic (exact) mass is 622 g/mol. The van der Waals surface area contributed by atoms with Gasteiger partial charge in [0.1, 0.15) is 40.8 Å². The molecule has 0 bridgehead atoms. The average Bonchev–Trinajstić information content (AvgIpc) is 2.91. The molecule has 1 N–H and O–H groups in total. The molecule has 0 amide bonds. The van der Waals surface area contributed by atoms with Gasteiger partial charge in [0.2, 0.25) is 0 Å². The van der Waals surface area contributed by atoms with Gasteiger partial charge in [-0.3, -0.25) is 0 Å². The van der Waals surface area contributed by atoms with E-state index in [-0.39, 0.29) is 27.8 Å². The van der Waals surface area contributed by atoms with Crippen molar-refractivity contribution in [1.29, 1.82) is 0 Å². The van der Waals surface area contributed by atoms with Crippen LogP contribution in [0.25, 0.3) is 0 Å². The molecule has 0 heterocycles. The largest absolute Gasteiger partial charge is 1.00 e. The van der Waals surface area contributed by atoms with Crippen molar-refractivity contribution in [3.8, 4) is 17.2 Å². The third-order valence-electron chi connectivity index (χ3n) is 7.90. The second-order valence-electron chi connectivity index (χ2n) is 11.4. The van der Waals surface area contributed by atoms with Gasteiger partial charge >= 0.3 is 0 Å². The summed E-state index contributed by atoms with van der Waals surface area (Å²) in [6.07, 6.45) is 0.662. The summed E-state index contributed by atoms with van der Waals surface area (Å²) in [5.74, 6) is 1.60. The smallest absolute Gasteiger partial charge is 0.250 e. The predicted octanol–water partition coefficient (Wildman–Crippen LogP) is 4.59. The van der Waals surface area contributed by atoms with E-state index in [2.05, 4.69) is 125 Å². The van der Waals surface area contributed by atoms with Crippen molar-refractivity contribution < 1.29 is 31.3 Å². The van der Waals surface area contributed by atoms with E-state index in [0.717, 1.165) is 11.3 Å². The SMILES string of the molecule is COc1c(O[Si](C)(C)C(C)(C)C)cc(C[P+](c2ccccc2)(c2ccccc2)c2ccccc2)c(O)c1C.[Br-]. The van der Waals surface area contributed by atoms with Crippen LogP contribution in [0.5, 0.6) is 17.2 Å². The molecular formula is C33H40BrO3PSi. The van der Waals surface area contributed by atoms with Crippen LogP contribution in [-0.4, -0.2) is 20.5 Å². The molecule has 4 aromatic carbocycles. The maximum Gasteiger partial charge on any atom is 0.250 e. The second-order valence-corrected chi connectivity index (χ2v) is 19.6. The van der Waals surface area contributed by atoms with Crippen LogP contribution in [0.1, 0.15) is 31.9 Å². The molecule has 0 aliphatic rings. The van der Waals surface area contributed by atoms with Crippen LogP contribution in [0, 0.1) is 6.92 Å². The van der Waals surface area contributed by atoms with Crippen molar-refractivity contribution in [2.75, 3.05) is 7.11 Å². The number of methoxy groups -OCH3 is 1.